The van der Waals surface area contributed by atoms with E-state index in [1.165, 1.54) is 12.1 Å². The molecule has 3 amide bonds. The molecule has 1 heterocycles. The van der Waals surface area contributed by atoms with Crippen LogP contribution in [0, 0.1) is 29.5 Å². The van der Waals surface area contributed by atoms with Crippen LogP contribution in [0.2, 0.25) is 0 Å². The smallest absolute Gasteiger partial charge is 0.247 e. The number of benzene rings is 2. The molecule has 152 valence electrons. The Balaban J connectivity index is 1.29. The molecule has 2 aromatic rings. The lowest BCUT2D eigenvalue weighted by molar-refractivity contribution is -0.146. The molecule has 2 fully saturated rings. The highest BCUT2D eigenvalue weighted by Gasteiger charge is 2.60. The zero-order valence-corrected chi connectivity index (χ0v) is 16.4. The Kier molecular flexibility index (Phi) is 4.31. The number of hydrogen-bond acceptors (Lipinski definition) is 3. The molecule has 1 saturated heterocycles. The maximum absolute atomic E-state index is 13.4. The summed E-state index contributed by atoms with van der Waals surface area (Å²) in [6, 6.07) is 12.4. The van der Waals surface area contributed by atoms with Crippen molar-refractivity contribution in [2.24, 2.45) is 23.7 Å². The molecular weight excluding hydrogens is 383 g/mol. The van der Waals surface area contributed by atoms with Crippen LogP contribution in [0.5, 0.6) is 0 Å². The summed E-state index contributed by atoms with van der Waals surface area (Å²) in [6.45, 7) is 1.59. The summed E-state index contributed by atoms with van der Waals surface area (Å²) in [6.07, 6.45) is 4.93. The number of imide groups is 1. The van der Waals surface area contributed by atoms with E-state index in [-0.39, 0.29) is 41.3 Å². The highest BCUT2D eigenvalue weighted by molar-refractivity contribution is 6.10. The Bertz CT molecular complexity index is 1050. The van der Waals surface area contributed by atoms with Crippen LogP contribution >= 0.6 is 0 Å². The molecule has 6 heteroatoms. The predicted molar refractivity (Wildman–Crippen MR) is 109 cm³/mol. The Hall–Kier alpha value is -3.28. The number of rotatable bonds is 4. The molecule has 0 spiro atoms. The van der Waals surface area contributed by atoms with Gasteiger partial charge in [-0.2, -0.15) is 0 Å². The SMILES string of the molecule is C[C@H](C(=O)Nc1ccc(-c2cccc(F)c2)cc1)N1C(=O)[C@@H]2[C@H](C1=O)[C@H]1C=C[C@H]2C1. The number of fused-ring (bicyclic) bond motifs is 5. The van der Waals surface area contributed by atoms with Crippen LogP contribution in [0.4, 0.5) is 10.1 Å². The zero-order chi connectivity index (χ0) is 21.0. The molecule has 1 saturated carbocycles. The molecule has 2 aromatic carbocycles. The van der Waals surface area contributed by atoms with Crippen molar-refractivity contribution in [2.45, 2.75) is 19.4 Å². The zero-order valence-electron chi connectivity index (χ0n) is 16.4. The third-order valence-corrected chi connectivity index (χ3v) is 6.58. The number of likely N-dealkylation sites (tertiary alicyclic amines) is 1. The molecule has 1 aliphatic heterocycles. The number of nitrogens with zero attached hydrogens (tertiary/aromatic N) is 1. The van der Waals surface area contributed by atoms with Gasteiger partial charge in [0.15, 0.2) is 0 Å². The van der Waals surface area contributed by atoms with Gasteiger partial charge in [-0.1, -0.05) is 36.4 Å². The fourth-order valence-electron chi connectivity index (χ4n) is 5.09. The van der Waals surface area contributed by atoms with E-state index in [0.29, 0.717) is 5.69 Å². The van der Waals surface area contributed by atoms with Crippen LogP contribution in [0.1, 0.15) is 13.3 Å². The molecule has 5 nitrogen and oxygen atoms in total. The second-order valence-corrected chi connectivity index (χ2v) is 8.30. The normalized spacial score (nSPS) is 27.5. The number of hydrogen-bond donors (Lipinski definition) is 1. The van der Waals surface area contributed by atoms with Gasteiger partial charge in [-0.05, 0) is 60.6 Å². The lowest BCUT2D eigenvalue weighted by atomic mass is 9.85. The molecule has 0 unspecified atom stereocenters. The van der Waals surface area contributed by atoms with Crippen LogP contribution in [0.15, 0.2) is 60.7 Å². The second-order valence-electron chi connectivity index (χ2n) is 8.30. The minimum atomic E-state index is -0.877. The van der Waals surface area contributed by atoms with Crippen molar-refractivity contribution in [3.63, 3.8) is 0 Å². The van der Waals surface area contributed by atoms with Gasteiger partial charge in [0.05, 0.1) is 11.8 Å². The predicted octanol–water partition coefficient (Wildman–Crippen LogP) is 3.63. The van der Waals surface area contributed by atoms with Crippen LogP contribution in [0.25, 0.3) is 11.1 Å². The topological polar surface area (TPSA) is 66.5 Å². The first-order chi connectivity index (χ1) is 14.4. The molecule has 5 rings (SSSR count). The van der Waals surface area contributed by atoms with E-state index in [1.807, 2.05) is 18.2 Å². The molecule has 30 heavy (non-hydrogen) atoms. The first-order valence-corrected chi connectivity index (χ1v) is 10.2. The summed E-state index contributed by atoms with van der Waals surface area (Å²) in [5.41, 5.74) is 2.11. The van der Waals surface area contributed by atoms with E-state index in [4.69, 9.17) is 0 Å². The number of nitrogens with one attached hydrogen (secondary N) is 1. The number of anilines is 1. The Morgan fingerprint density at radius 1 is 1.00 bits per heavy atom. The molecule has 0 aromatic heterocycles. The lowest BCUT2D eigenvalue weighted by Gasteiger charge is -2.23. The minimum absolute atomic E-state index is 0.118. The highest BCUT2D eigenvalue weighted by Crippen LogP contribution is 2.52. The van der Waals surface area contributed by atoms with E-state index < -0.39 is 11.9 Å². The van der Waals surface area contributed by atoms with Crippen molar-refractivity contribution in [3.05, 3.63) is 66.5 Å². The van der Waals surface area contributed by atoms with Gasteiger partial charge in [-0.15, -0.1) is 0 Å². The maximum Gasteiger partial charge on any atom is 0.247 e. The van der Waals surface area contributed by atoms with Crippen molar-refractivity contribution in [2.75, 3.05) is 5.32 Å². The summed E-state index contributed by atoms with van der Waals surface area (Å²) in [4.78, 5) is 39.7. The van der Waals surface area contributed by atoms with Crippen molar-refractivity contribution < 1.29 is 18.8 Å². The van der Waals surface area contributed by atoms with Gasteiger partial charge < -0.3 is 5.32 Å². The molecular formula is C24H21FN2O3. The summed E-state index contributed by atoms with van der Waals surface area (Å²) in [5, 5.41) is 2.78. The highest BCUT2D eigenvalue weighted by atomic mass is 19.1. The van der Waals surface area contributed by atoms with E-state index >= 15 is 0 Å². The maximum atomic E-state index is 13.4. The molecule has 2 aliphatic carbocycles. The number of carbonyl (C=O) groups is 3. The second kappa shape index (κ2) is 6.90. The van der Waals surface area contributed by atoms with E-state index in [0.717, 1.165) is 22.4 Å². The van der Waals surface area contributed by atoms with Crippen molar-refractivity contribution in [1.29, 1.82) is 0 Å². The molecule has 3 aliphatic rings. The summed E-state index contributed by atoms with van der Waals surface area (Å²) in [5.74, 6) is -1.57. The Morgan fingerprint density at radius 3 is 2.23 bits per heavy atom. The van der Waals surface area contributed by atoms with Crippen LogP contribution in [0.3, 0.4) is 0 Å². The van der Waals surface area contributed by atoms with Gasteiger partial charge in [-0.3, -0.25) is 19.3 Å². The number of allylic oxidation sites excluding steroid dienone is 2. The monoisotopic (exact) mass is 404 g/mol. The molecule has 5 atom stereocenters. The number of carbonyl (C=O) groups excluding carboxylic acids is 3. The standard InChI is InChI=1S/C24H21FN2O3/c1-13(27-23(29)20-16-5-6-17(11-16)21(20)24(27)30)22(28)26-19-9-7-14(8-10-19)15-3-2-4-18(25)12-15/h2-10,12-13,16-17,20-21H,11H2,1H3,(H,26,28)/t13-,16+,17+,20-,21+/m1/s1. The third-order valence-electron chi connectivity index (χ3n) is 6.58. The lowest BCUT2D eigenvalue weighted by Crippen LogP contribution is -2.46. The van der Waals surface area contributed by atoms with E-state index in [2.05, 4.69) is 5.32 Å². The summed E-state index contributed by atoms with van der Waals surface area (Å²) < 4.78 is 13.4. The molecule has 2 bridgehead atoms. The number of amides is 3. The van der Waals surface area contributed by atoms with Gasteiger partial charge in [0.25, 0.3) is 0 Å². The van der Waals surface area contributed by atoms with Gasteiger partial charge in [0.2, 0.25) is 17.7 Å². The molecule has 0 radical (unpaired) electrons. The van der Waals surface area contributed by atoms with Gasteiger partial charge in [0, 0.05) is 5.69 Å². The van der Waals surface area contributed by atoms with Gasteiger partial charge >= 0.3 is 0 Å². The fraction of sp³-hybridized carbons (Fsp3) is 0.292. The molecule has 1 N–H and O–H groups in total. The average Bonchev–Trinajstić information content (AvgIpc) is 3.42. The minimum Gasteiger partial charge on any atom is -0.324 e. The Labute approximate surface area is 173 Å². The van der Waals surface area contributed by atoms with Gasteiger partial charge in [-0.25, -0.2) is 4.39 Å². The Morgan fingerprint density at radius 2 is 1.63 bits per heavy atom. The fourth-order valence-corrected chi connectivity index (χ4v) is 5.09. The van der Waals surface area contributed by atoms with Crippen LogP contribution in [-0.2, 0) is 14.4 Å². The quantitative estimate of drug-likeness (QED) is 0.625. The third kappa shape index (κ3) is 2.86. The van der Waals surface area contributed by atoms with Crippen molar-refractivity contribution >= 4 is 23.4 Å². The first kappa shape index (κ1) is 18.7. The number of halogens is 1. The van der Waals surface area contributed by atoms with Crippen molar-refractivity contribution in [1.82, 2.24) is 4.90 Å². The summed E-state index contributed by atoms with van der Waals surface area (Å²) >= 11 is 0. The van der Waals surface area contributed by atoms with Crippen LogP contribution in [-0.4, -0.2) is 28.7 Å². The largest absolute Gasteiger partial charge is 0.324 e. The first-order valence-electron chi connectivity index (χ1n) is 10.2. The van der Waals surface area contributed by atoms with E-state index in [1.54, 1.807) is 37.3 Å². The van der Waals surface area contributed by atoms with E-state index in [9.17, 15) is 18.8 Å². The van der Waals surface area contributed by atoms with Crippen molar-refractivity contribution in [3.8, 4) is 11.1 Å². The average molecular weight is 404 g/mol. The van der Waals surface area contributed by atoms with Gasteiger partial charge in [0.1, 0.15) is 11.9 Å². The summed E-state index contributed by atoms with van der Waals surface area (Å²) in [7, 11) is 0. The van der Waals surface area contributed by atoms with Crippen LogP contribution < -0.4 is 5.32 Å².